The summed E-state index contributed by atoms with van der Waals surface area (Å²) in [5.41, 5.74) is 2.68. The molecule has 17 heavy (non-hydrogen) atoms. The fourth-order valence-corrected chi connectivity index (χ4v) is 3.24. The van der Waals surface area contributed by atoms with Crippen LogP contribution in [0.15, 0.2) is 44.0 Å². The van der Waals surface area contributed by atoms with Crippen LogP contribution in [0.5, 0.6) is 0 Å². The van der Waals surface area contributed by atoms with Crippen LogP contribution >= 0.6 is 43.2 Å². The van der Waals surface area contributed by atoms with Gasteiger partial charge in [-0.05, 0) is 64.1 Å². The third kappa shape index (κ3) is 3.65. The minimum Gasteiger partial charge on any atom is -0.313 e. The summed E-state index contributed by atoms with van der Waals surface area (Å²) in [4.78, 5) is 0. The zero-order valence-corrected chi connectivity index (χ0v) is 13.4. The molecule has 1 heterocycles. The molecule has 4 heteroatoms. The highest BCUT2D eigenvalue weighted by Gasteiger charge is 2.11. The van der Waals surface area contributed by atoms with Crippen molar-refractivity contribution < 1.29 is 0 Å². The number of benzene rings is 1. The Morgan fingerprint density at radius 1 is 1.24 bits per heavy atom. The first kappa shape index (κ1) is 13.3. The van der Waals surface area contributed by atoms with Crippen LogP contribution in [-0.4, -0.2) is 7.05 Å². The van der Waals surface area contributed by atoms with Crippen LogP contribution in [0.1, 0.15) is 17.2 Å². The Balaban J connectivity index is 2.12. The van der Waals surface area contributed by atoms with Crippen LogP contribution in [-0.2, 0) is 6.42 Å². The Morgan fingerprint density at radius 2 is 1.94 bits per heavy atom. The normalized spacial score (nSPS) is 12.6. The molecule has 0 amide bonds. The minimum atomic E-state index is 0.374. The average molecular weight is 375 g/mol. The lowest BCUT2D eigenvalue weighted by atomic mass is 10.0. The standard InChI is InChI=1S/C13H13Br2NS/c1-16-12(10-7-13(15)17-8-10)6-9-2-4-11(14)5-3-9/h2-5,7-8,12,16H,6H2,1H3. The number of nitrogens with one attached hydrogen (secondary N) is 1. The Labute approximate surface area is 123 Å². The zero-order chi connectivity index (χ0) is 12.3. The second-order valence-electron chi connectivity index (χ2n) is 3.86. The first-order chi connectivity index (χ1) is 8.19. The monoisotopic (exact) mass is 373 g/mol. The van der Waals surface area contributed by atoms with Crippen LogP contribution < -0.4 is 5.32 Å². The summed E-state index contributed by atoms with van der Waals surface area (Å²) >= 11 is 8.70. The van der Waals surface area contributed by atoms with Gasteiger partial charge in [-0.25, -0.2) is 0 Å². The molecule has 0 fully saturated rings. The summed E-state index contributed by atoms with van der Waals surface area (Å²) in [6, 6.07) is 11.1. The number of hydrogen-bond acceptors (Lipinski definition) is 2. The lowest BCUT2D eigenvalue weighted by Crippen LogP contribution is -2.18. The van der Waals surface area contributed by atoms with Gasteiger partial charge in [-0.2, -0.15) is 0 Å². The molecular formula is C13H13Br2NS. The lowest BCUT2D eigenvalue weighted by molar-refractivity contribution is 0.594. The van der Waals surface area contributed by atoms with Crippen LogP contribution in [0.4, 0.5) is 0 Å². The van der Waals surface area contributed by atoms with E-state index < -0.39 is 0 Å². The SMILES string of the molecule is CNC(Cc1ccc(Br)cc1)c1csc(Br)c1. The molecule has 1 N–H and O–H groups in total. The maximum atomic E-state index is 3.51. The highest BCUT2D eigenvalue weighted by molar-refractivity contribution is 9.11. The van der Waals surface area contributed by atoms with Crippen LogP contribution in [0.25, 0.3) is 0 Å². The maximum Gasteiger partial charge on any atom is 0.0701 e. The third-order valence-corrected chi connectivity index (χ3v) is 4.74. The Hall–Kier alpha value is -0.160. The van der Waals surface area contributed by atoms with E-state index in [0.717, 1.165) is 10.9 Å². The van der Waals surface area contributed by atoms with Gasteiger partial charge in [-0.15, -0.1) is 11.3 Å². The highest BCUT2D eigenvalue weighted by atomic mass is 79.9. The first-order valence-corrected chi connectivity index (χ1v) is 7.81. The quantitative estimate of drug-likeness (QED) is 0.812. The minimum absolute atomic E-state index is 0.374. The molecule has 0 radical (unpaired) electrons. The highest BCUT2D eigenvalue weighted by Crippen LogP contribution is 2.27. The van der Waals surface area contributed by atoms with Crippen molar-refractivity contribution in [1.82, 2.24) is 5.32 Å². The van der Waals surface area contributed by atoms with E-state index in [9.17, 15) is 0 Å². The first-order valence-electron chi connectivity index (χ1n) is 5.34. The Morgan fingerprint density at radius 3 is 2.47 bits per heavy atom. The number of hydrogen-bond donors (Lipinski definition) is 1. The fourth-order valence-electron chi connectivity index (χ4n) is 1.75. The summed E-state index contributed by atoms with van der Waals surface area (Å²) in [7, 11) is 2.01. The van der Waals surface area contributed by atoms with Crippen molar-refractivity contribution in [2.45, 2.75) is 12.5 Å². The number of halogens is 2. The van der Waals surface area contributed by atoms with Crippen molar-refractivity contribution in [2.24, 2.45) is 0 Å². The third-order valence-electron chi connectivity index (χ3n) is 2.69. The molecule has 0 saturated carbocycles. The molecule has 0 aliphatic carbocycles. The molecule has 0 bridgehead atoms. The van der Waals surface area contributed by atoms with E-state index >= 15 is 0 Å². The fraction of sp³-hybridized carbons (Fsp3) is 0.231. The van der Waals surface area contributed by atoms with Gasteiger partial charge in [0.05, 0.1) is 3.79 Å². The summed E-state index contributed by atoms with van der Waals surface area (Å²) in [5, 5.41) is 5.57. The average Bonchev–Trinajstić information content (AvgIpc) is 2.75. The number of rotatable bonds is 4. The summed E-state index contributed by atoms with van der Waals surface area (Å²) < 4.78 is 2.31. The molecule has 1 unspecified atom stereocenters. The predicted molar refractivity (Wildman–Crippen MR) is 81.7 cm³/mol. The van der Waals surface area contributed by atoms with Crippen molar-refractivity contribution in [3.8, 4) is 0 Å². The molecule has 90 valence electrons. The van der Waals surface area contributed by atoms with Gasteiger partial charge in [-0.1, -0.05) is 28.1 Å². The molecule has 0 aliphatic rings. The van der Waals surface area contributed by atoms with E-state index in [4.69, 9.17) is 0 Å². The summed E-state index contributed by atoms with van der Waals surface area (Å²) in [6.07, 6.45) is 1.01. The zero-order valence-electron chi connectivity index (χ0n) is 9.41. The van der Waals surface area contributed by atoms with Crippen molar-refractivity contribution in [2.75, 3.05) is 7.05 Å². The van der Waals surface area contributed by atoms with Gasteiger partial charge in [0.25, 0.3) is 0 Å². The Kier molecular flexibility index (Phi) is 4.79. The molecule has 1 nitrogen and oxygen atoms in total. The van der Waals surface area contributed by atoms with Gasteiger partial charge < -0.3 is 5.32 Å². The molecular weight excluding hydrogens is 362 g/mol. The molecule has 0 saturated heterocycles. The smallest absolute Gasteiger partial charge is 0.0701 e. The number of thiophene rings is 1. The van der Waals surface area contributed by atoms with Crippen LogP contribution in [0, 0.1) is 0 Å². The lowest BCUT2D eigenvalue weighted by Gasteiger charge is -2.15. The molecule has 1 aromatic carbocycles. The molecule has 1 atom stereocenters. The van der Waals surface area contributed by atoms with Crippen molar-refractivity contribution in [1.29, 1.82) is 0 Å². The van der Waals surface area contributed by atoms with E-state index in [0.29, 0.717) is 6.04 Å². The molecule has 2 aromatic rings. The van der Waals surface area contributed by atoms with E-state index in [1.54, 1.807) is 11.3 Å². The molecule has 1 aromatic heterocycles. The van der Waals surface area contributed by atoms with Gasteiger partial charge >= 0.3 is 0 Å². The second kappa shape index (κ2) is 6.14. The molecule has 0 aliphatic heterocycles. The van der Waals surface area contributed by atoms with Crippen LogP contribution in [0.2, 0.25) is 0 Å². The van der Waals surface area contributed by atoms with Crippen molar-refractivity contribution >= 4 is 43.2 Å². The van der Waals surface area contributed by atoms with Crippen molar-refractivity contribution in [3.63, 3.8) is 0 Å². The summed E-state index contributed by atoms with van der Waals surface area (Å²) in [5.74, 6) is 0. The van der Waals surface area contributed by atoms with Gasteiger partial charge in [0.15, 0.2) is 0 Å². The van der Waals surface area contributed by atoms with E-state index in [-0.39, 0.29) is 0 Å². The maximum absolute atomic E-state index is 3.51. The van der Waals surface area contributed by atoms with Gasteiger partial charge in [0, 0.05) is 10.5 Å². The molecule has 0 spiro atoms. The second-order valence-corrected chi connectivity index (χ2v) is 7.06. The van der Waals surface area contributed by atoms with Crippen molar-refractivity contribution in [3.05, 3.63) is 55.1 Å². The predicted octanol–water partition coefficient (Wildman–Crippen LogP) is 4.78. The van der Waals surface area contributed by atoms with E-state index in [1.165, 1.54) is 14.9 Å². The van der Waals surface area contributed by atoms with E-state index in [2.05, 4.69) is 72.9 Å². The number of likely N-dealkylation sites (N-methyl/N-ethyl adjacent to an activating group) is 1. The topological polar surface area (TPSA) is 12.0 Å². The van der Waals surface area contributed by atoms with Gasteiger partial charge in [0.2, 0.25) is 0 Å². The Bertz CT molecular complexity index is 478. The van der Waals surface area contributed by atoms with Gasteiger partial charge in [-0.3, -0.25) is 0 Å². The summed E-state index contributed by atoms with van der Waals surface area (Å²) in [6.45, 7) is 0. The largest absolute Gasteiger partial charge is 0.313 e. The van der Waals surface area contributed by atoms with Gasteiger partial charge in [0.1, 0.15) is 0 Å². The van der Waals surface area contributed by atoms with E-state index in [1.807, 2.05) is 7.05 Å². The van der Waals surface area contributed by atoms with Crippen LogP contribution in [0.3, 0.4) is 0 Å². The molecule has 2 rings (SSSR count).